The Bertz CT molecular complexity index is 1360. The van der Waals surface area contributed by atoms with Crippen LogP contribution in [0.15, 0.2) is 51.6 Å². The van der Waals surface area contributed by atoms with Crippen molar-refractivity contribution < 1.29 is 16.8 Å². The maximum absolute atomic E-state index is 12.8. The molecule has 3 rings (SSSR count). The van der Waals surface area contributed by atoms with E-state index >= 15 is 0 Å². The molecule has 31 heavy (non-hydrogen) atoms. The molecule has 3 aromatic rings. The van der Waals surface area contributed by atoms with Crippen LogP contribution in [0.5, 0.6) is 0 Å². The van der Waals surface area contributed by atoms with E-state index in [1.807, 2.05) is 0 Å². The SMILES string of the molecule is CNN/N=C(\N)c1c(-c2cccc3[nH]cnc23)ccc(S(=O)(=O)CCN)c1S(N)(=O)=O. The summed E-state index contributed by atoms with van der Waals surface area (Å²) in [5, 5.41) is 9.34. The Labute approximate surface area is 178 Å². The molecule has 2 aromatic carbocycles. The number of nitrogens with two attached hydrogens (primary N) is 3. The molecule has 0 spiro atoms. The smallest absolute Gasteiger partial charge is 0.240 e. The van der Waals surface area contributed by atoms with Gasteiger partial charge in [0.2, 0.25) is 10.0 Å². The molecule has 0 aliphatic carbocycles. The highest BCUT2D eigenvalue weighted by molar-refractivity contribution is 7.93. The van der Waals surface area contributed by atoms with Gasteiger partial charge >= 0.3 is 0 Å². The first kappa shape index (κ1) is 22.6. The molecule has 0 amide bonds. The van der Waals surface area contributed by atoms with Gasteiger partial charge in [0.05, 0.1) is 28.0 Å². The van der Waals surface area contributed by atoms with Crippen LogP contribution >= 0.6 is 0 Å². The van der Waals surface area contributed by atoms with Crippen LogP contribution in [-0.4, -0.2) is 52.0 Å². The van der Waals surface area contributed by atoms with Crippen LogP contribution in [-0.2, 0) is 19.9 Å². The number of imidazole rings is 1. The van der Waals surface area contributed by atoms with Gasteiger partial charge in [-0.05, 0) is 17.7 Å². The minimum absolute atomic E-state index is 0.168. The van der Waals surface area contributed by atoms with Crippen molar-refractivity contribution in [1.82, 2.24) is 20.9 Å². The molecule has 0 aliphatic heterocycles. The molecule has 14 heteroatoms. The monoisotopic (exact) mass is 466 g/mol. The van der Waals surface area contributed by atoms with E-state index < -0.39 is 35.4 Å². The number of fused-ring (bicyclic) bond motifs is 1. The Balaban J connectivity index is 2.50. The van der Waals surface area contributed by atoms with Crippen LogP contribution in [0.4, 0.5) is 0 Å². The first-order valence-electron chi connectivity index (χ1n) is 8.92. The zero-order valence-electron chi connectivity index (χ0n) is 16.5. The number of primary sulfonamides is 1. The molecule has 0 saturated heterocycles. The molecule has 0 unspecified atom stereocenters. The second kappa shape index (κ2) is 8.60. The van der Waals surface area contributed by atoms with Crippen LogP contribution in [0, 0.1) is 0 Å². The maximum Gasteiger partial charge on any atom is 0.240 e. The van der Waals surface area contributed by atoms with Crippen molar-refractivity contribution in [2.45, 2.75) is 9.79 Å². The third-order valence-electron chi connectivity index (χ3n) is 4.41. The van der Waals surface area contributed by atoms with E-state index in [2.05, 4.69) is 26.0 Å². The van der Waals surface area contributed by atoms with Crippen molar-refractivity contribution in [3.05, 3.63) is 42.2 Å². The fourth-order valence-corrected chi connectivity index (χ4v) is 5.96. The van der Waals surface area contributed by atoms with E-state index in [-0.39, 0.29) is 23.5 Å². The lowest BCUT2D eigenvalue weighted by molar-refractivity contribution is 0.583. The summed E-state index contributed by atoms with van der Waals surface area (Å²) in [5.41, 5.74) is 18.3. The summed E-state index contributed by atoms with van der Waals surface area (Å²) in [4.78, 5) is 6.07. The number of sulfone groups is 1. The number of nitrogens with zero attached hydrogens (tertiary/aromatic N) is 2. The van der Waals surface area contributed by atoms with Gasteiger partial charge in [-0.25, -0.2) is 37.9 Å². The van der Waals surface area contributed by atoms with Gasteiger partial charge in [0.1, 0.15) is 4.90 Å². The molecule has 0 saturated carbocycles. The average molecular weight is 467 g/mol. The molecule has 0 radical (unpaired) electrons. The number of aromatic nitrogens is 2. The highest BCUT2D eigenvalue weighted by atomic mass is 32.2. The summed E-state index contributed by atoms with van der Waals surface area (Å²) < 4.78 is 50.8. The summed E-state index contributed by atoms with van der Waals surface area (Å²) in [6.45, 7) is -0.207. The van der Waals surface area contributed by atoms with Crippen molar-refractivity contribution in [2.24, 2.45) is 21.7 Å². The van der Waals surface area contributed by atoms with Crippen molar-refractivity contribution in [2.75, 3.05) is 19.3 Å². The summed E-state index contributed by atoms with van der Waals surface area (Å²) in [6, 6.07) is 7.83. The molecular weight excluding hydrogens is 444 g/mol. The Morgan fingerprint density at radius 1 is 1.16 bits per heavy atom. The van der Waals surface area contributed by atoms with E-state index in [1.54, 1.807) is 18.2 Å². The zero-order chi connectivity index (χ0) is 22.8. The van der Waals surface area contributed by atoms with Gasteiger partial charge in [0, 0.05) is 24.7 Å². The lowest BCUT2D eigenvalue weighted by Crippen LogP contribution is -2.30. The quantitative estimate of drug-likeness (QED) is 0.136. The van der Waals surface area contributed by atoms with Crippen LogP contribution in [0.2, 0.25) is 0 Å². The van der Waals surface area contributed by atoms with Gasteiger partial charge in [0.15, 0.2) is 15.7 Å². The van der Waals surface area contributed by atoms with Gasteiger partial charge in [-0.1, -0.05) is 18.2 Å². The van der Waals surface area contributed by atoms with Gasteiger partial charge in [-0.3, -0.25) is 0 Å². The number of benzene rings is 2. The average Bonchev–Trinajstić information content (AvgIpc) is 3.19. The normalized spacial score (nSPS) is 12.9. The minimum Gasteiger partial charge on any atom is -0.382 e. The molecule has 0 bridgehead atoms. The number of para-hydroxylation sites is 1. The maximum atomic E-state index is 12.8. The number of nitrogens with one attached hydrogen (secondary N) is 3. The van der Waals surface area contributed by atoms with Gasteiger partial charge < -0.3 is 16.5 Å². The number of H-pyrrole nitrogens is 1. The number of hydrazone groups is 1. The molecule has 0 atom stereocenters. The lowest BCUT2D eigenvalue weighted by atomic mass is 9.97. The summed E-state index contributed by atoms with van der Waals surface area (Å²) in [6.07, 6.45) is 1.48. The summed E-state index contributed by atoms with van der Waals surface area (Å²) in [7, 11) is -7.13. The standard InChI is InChI=1S/C17H22N8O4S2/c1-21-25-24-17(19)14-10(11-3-2-4-12-15(11)23-9-22-12)5-6-13(16(14)31(20,28)29)30(26,27)8-7-18/h2-6,9,21,25H,7-8,18H2,1H3,(H2,19,24)(H,22,23)(H2,20,28,29). The Morgan fingerprint density at radius 3 is 2.55 bits per heavy atom. The molecule has 1 aromatic heterocycles. The molecule has 12 nitrogen and oxygen atoms in total. The topological polar surface area (TPSA) is 211 Å². The molecule has 0 fully saturated rings. The third kappa shape index (κ3) is 4.38. The Morgan fingerprint density at radius 2 is 1.90 bits per heavy atom. The minimum atomic E-state index is -4.56. The van der Waals surface area contributed by atoms with Gasteiger partial charge in [0.25, 0.3) is 0 Å². The Kier molecular flexibility index (Phi) is 6.28. The molecule has 1 heterocycles. The largest absolute Gasteiger partial charge is 0.382 e. The predicted molar refractivity (Wildman–Crippen MR) is 117 cm³/mol. The van der Waals surface area contributed by atoms with Crippen LogP contribution in [0.1, 0.15) is 5.56 Å². The molecular formula is C17H22N8O4S2. The van der Waals surface area contributed by atoms with Crippen LogP contribution in [0.3, 0.4) is 0 Å². The number of amidine groups is 1. The highest BCUT2D eigenvalue weighted by Crippen LogP contribution is 2.36. The molecule has 0 aliphatic rings. The van der Waals surface area contributed by atoms with Gasteiger partial charge in [-0.15, -0.1) is 5.10 Å². The van der Waals surface area contributed by atoms with Gasteiger partial charge in [-0.2, -0.15) is 0 Å². The number of hydrogen-bond acceptors (Lipinski definition) is 9. The number of hydrazine groups is 1. The molecule has 166 valence electrons. The van der Waals surface area contributed by atoms with E-state index in [4.69, 9.17) is 16.6 Å². The summed E-state index contributed by atoms with van der Waals surface area (Å²) in [5.74, 6) is -0.777. The second-order valence-electron chi connectivity index (χ2n) is 6.43. The lowest BCUT2D eigenvalue weighted by Gasteiger charge is -2.18. The van der Waals surface area contributed by atoms with E-state index in [0.29, 0.717) is 16.6 Å². The summed E-state index contributed by atoms with van der Waals surface area (Å²) >= 11 is 0. The van der Waals surface area contributed by atoms with Crippen molar-refractivity contribution in [1.29, 1.82) is 0 Å². The van der Waals surface area contributed by atoms with Crippen LogP contribution < -0.4 is 27.6 Å². The van der Waals surface area contributed by atoms with Crippen molar-refractivity contribution in [3.63, 3.8) is 0 Å². The zero-order valence-corrected chi connectivity index (χ0v) is 18.1. The predicted octanol–water partition coefficient (Wildman–Crippen LogP) is -1.05. The number of sulfonamides is 1. The first-order valence-corrected chi connectivity index (χ1v) is 12.1. The van der Waals surface area contributed by atoms with Crippen molar-refractivity contribution >= 4 is 36.7 Å². The number of aromatic amines is 1. The van der Waals surface area contributed by atoms with E-state index in [1.165, 1.54) is 25.5 Å². The first-order chi connectivity index (χ1) is 14.6. The van der Waals surface area contributed by atoms with Crippen LogP contribution in [0.25, 0.3) is 22.2 Å². The molecule has 9 N–H and O–H groups in total. The number of rotatable bonds is 8. The third-order valence-corrected chi connectivity index (χ3v) is 7.32. The number of hydrogen-bond donors (Lipinski definition) is 6. The fraction of sp³-hybridized carbons (Fsp3) is 0.176. The second-order valence-corrected chi connectivity index (χ2v) is 10.0. The Hall–Kier alpha value is -3.04. The fourth-order valence-electron chi connectivity index (χ4n) is 3.19. The van der Waals surface area contributed by atoms with E-state index in [9.17, 15) is 16.8 Å². The van der Waals surface area contributed by atoms with E-state index in [0.717, 1.165) is 0 Å². The highest BCUT2D eigenvalue weighted by Gasteiger charge is 2.31. The van der Waals surface area contributed by atoms with Crippen molar-refractivity contribution in [3.8, 4) is 11.1 Å².